The molecule has 5 nitrogen and oxygen atoms in total. The minimum atomic E-state index is -0.748. The Morgan fingerprint density at radius 3 is 2.83 bits per heavy atom. The summed E-state index contributed by atoms with van der Waals surface area (Å²) in [6.45, 7) is 2.86. The molecule has 0 aromatic carbocycles. The fourth-order valence-corrected chi connectivity index (χ4v) is 2.00. The van der Waals surface area contributed by atoms with Crippen LogP contribution in [0.15, 0.2) is 18.3 Å². The van der Waals surface area contributed by atoms with Crippen molar-refractivity contribution < 1.29 is 14.3 Å². The molecule has 18 heavy (non-hydrogen) atoms. The molecule has 6 heteroatoms. The second-order valence-corrected chi connectivity index (χ2v) is 5.07. The van der Waals surface area contributed by atoms with Gasteiger partial charge in [-0.2, -0.15) is 0 Å². The van der Waals surface area contributed by atoms with E-state index in [1.54, 1.807) is 18.3 Å². The van der Waals surface area contributed by atoms with Gasteiger partial charge in [0.2, 0.25) is 0 Å². The average molecular weight is 271 g/mol. The van der Waals surface area contributed by atoms with Gasteiger partial charge in [-0.05, 0) is 24.5 Å². The lowest BCUT2D eigenvalue weighted by Crippen LogP contribution is -2.25. The van der Waals surface area contributed by atoms with Crippen LogP contribution >= 0.6 is 11.6 Å². The topological polar surface area (TPSA) is 74.4 Å². The Balaban J connectivity index is 1.88. The number of nitrogens with two attached hydrogens (primary N) is 1. The number of rotatable bonds is 5. The molecule has 2 rings (SSSR count). The fraction of sp³-hybridized carbons (Fsp3) is 0.500. The van der Waals surface area contributed by atoms with Crippen LogP contribution in [0.2, 0.25) is 5.15 Å². The molecule has 2 N–H and O–H groups in total. The predicted octanol–water partition coefficient (Wildman–Crippen LogP) is 2.24. The zero-order chi connectivity index (χ0) is 13.2. The number of halogens is 1. The molecule has 2 atom stereocenters. The van der Waals surface area contributed by atoms with Crippen LogP contribution in [0.1, 0.15) is 13.3 Å². The molecule has 0 aliphatic heterocycles. The van der Waals surface area contributed by atoms with Crippen LogP contribution < -0.4 is 10.5 Å². The number of primary amides is 1. The first-order chi connectivity index (χ1) is 8.52. The summed E-state index contributed by atoms with van der Waals surface area (Å²) in [6.07, 6.45) is 1.78. The summed E-state index contributed by atoms with van der Waals surface area (Å²) in [5.74, 6) is 1.11. The number of carbonyl (C=O) groups excluding carboxylic acids is 1. The number of amides is 1. The minimum Gasteiger partial charge on any atom is -0.491 e. The molecule has 1 aromatic rings. The van der Waals surface area contributed by atoms with E-state index in [9.17, 15) is 4.79 Å². The lowest BCUT2D eigenvalue weighted by molar-refractivity contribution is 0.0999. The van der Waals surface area contributed by atoms with Gasteiger partial charge in [0.05, 0.1) is 12.8 Å². The zero-order valence-electron chi connectivity index (χ0n) is 10.1. The van der Waals surface area contributed by atoms with Crippen LogP contribution in [0.4, 0.5) is 4.79 Å². The Morgan fingerprint density at radius 2 is 2.33 bits per heavy atom. The van der Waals surface area contributed by atoms with Gasteiger partial charge in [-0.15, -0.1) is 0 Å². The van der Waals surface area contributed by atoms with Crippen molar-refractivity contribution in [3.63, 3.8) is 0 Å². The van der Waals surface area contributed by atoms with Gasteiger partial charge in [0.25, 0.3) is 0 Å². The van der Waals surface area contributed by atoms with Crippen molar-refractivity contribution >= 4 is 17.7 Å². The lowest BCUT2D eigenvalue weighted by atomic mass is 10.1. The average Bonchev–Trinajstić information content (AvgIpc) is 2.97. The van der Waals surface area contributed by atoms with E-state index in [4.69, 9.17) is 26.8 Å². The first-order valence-corrected chi connectivity index (χ1v) is 6.06. The van der Waals surface area contributed by atoms with E-state index in [1.807, 2.05) is 0 Å². The highest BCUT2D eigenvalue weighted by Crippen LogP contribution is 2.52. The van der Waals surface area contributed by atoms with Gasteiger partial charge in [0.15, 0.2) is 0 Å². The summed E-state index contributed by atoms with van der Waals surface area (Å²) in [4.78, 5) is 14.6. The fourth-order valence-electron chi connectivity index (χ4n) is 1.88. The van der Waals surface area contributed by atoms with Gasteiger partial charge < -0.3 is 15.2 Å². The van der Waals surface area contributed by atoms with E-state index < -0.39 is 6.09 Å². The number of nitrogens with zero attached hydrogens (tertiary/aromatic N) is 1. The van der Waals surface area contributed by atoms with E-state index in [2.05, 4.69) is 11.9 Å². The van der Waals surface area contributed by atoms with Crippen LogP contribution in [-0.4, -0.2) is 24.3 Å². The van der Waals surface area contributed by atoms with Crippen molar-refractivity contribution in [2.75, 3.05) is 13.2 Å². The zero-order valence-corrected chi connectivity index (χ0v) is 10.8. The van der Waals surface area contributed by atoms with Crippen LogP contribution in [0.25, 0.3) is 0 Å². The molecule has 0 radical (unpaired) electrons. The van der Waals surface area contributed by atoms with Crippen molar-refractivity contribution in [1.29, 1.82) is 0 Å². The molecule has 1 aliphatic carbocycles. The third-order valence-electron chi connectivity index (χ3n) is 3.33. The third-order valence-corrected chi connectivity index (χ3v) is 3.55. The van der Waals surface area contributed by atoms with Crippen molar-refractivity contribution in [3.05, 3.63) is 23.5 Å². The van der Waals surface area contributed by atoms with Crippen LogP contribution in [0.3, 0.4) is 0 Å². The number of carbonyl (C=O) groups is 1. The molecule has 1 saturated carbocycles. The normalized spacial score (nSPS) is 25.6. The van der Waals surface area contributed by atoms with Crippen LogP contribution in [0, 0.1) is 11.3 Å². The van der Waals surface area contributed by atoms with E-state index in [0.29, 0.717) is 30.0 Å². The molecule has 98 valence electrons. The monoisotopic (exact) mass is 270 g/mol. The molecule has 1 fully saturated rings. The second kappa shape index (κ2) is 5.02. The van der Waals surface area contributed by atoms with Gasteiger partial charge in [0.1, 0.15) is 17.5 Å². The molecule has 0 bridgehead atoms. The highest BCUT2D eigenvalue weighted by molar-refractivity contribution is 6.29. The molecule has 1 amide bonds. The first-order valence-electron chi connectivity index (χ1n) is 5.68. The molecule has 0 spiro atoms. The van der Waals surface area contributed by atoms with Crippen molar-refractivity contribution in [3.8, 4) is 5.75 Å². The summed E-state index contributed by atoms with van der Waals surface area (Å²) in [5.41, 5.74) is 4.85. The SMILES string of the molecule is C[C@@H]1C[C@]1(COC(N)=O)COc1ccc(Cl)nc1. The van der Waals surface area contributed by atoms with Crippen LogP contribution in [0.5, 0.6) is 5.75 Å². The van der Waals surface area contributed by atoms with E-state index in [1.165, 1.54) is 0 Å². The number of hydrogen-bond donors (Lipinski definition) is 1. The van der Waals surface area contributed by atoms with E-state index >= 15 is 0 Å². The van der Waals surface area contributed by atoms with Gasteiger partial charge in [-0.3, -0.25) is 0 Å². The van der Waals surface area contributed by atoms with Crippen molar-refractivity contribution in [2.24, 2.45) is 17.1 Å². The Hall–Kier alpha value is -1.49. The molecular weight excluding hydrogens is 256 g/mol. The Labute approximate surface area is 110 Å². The van der Waals surface area contributed by atoms with Crippen LogP contribution in [-0.2, 0) is 4.74 Å². The predicted molar refractivity (Wildman–Crippen MR) is 66.5 cm³/mol. The molecule has 0 unspecified atom stereocenters. The molecular formula is C12H15ClN2O3. The van der Waals surface area contributed by atoms with Crippen molar-refractivity contribution in [2.45, 2.75) is 13.3 Å². The number of hydrogen-bond acceptors (Lipinski definition) is 4. The summed E-state index contributed by atoms with van der Waals surface area (Å²) in [7, 11) is 0. The number of pyridine rings is 1. The summed E-state index contributed by atoms with van der Waals surface area (Å²) < 4.78 is 10.5. The lowest BCUT2D eigenvalue weighted by Gasteiger charge is -2.16. The van der Waals surface area contributed by atoms with Gasteiger partial charge >= 0.3 is 6.09 Å². The van der Waals surface area contributed by atoms with E-state index in [0.717, 1.165) is 6.42 Å². The quantitative estimate of drug-likeness (QED) is 0.833. The van der Waals surface area contributed by atoms with Crippen molar-refractivity contribution in [1.82, 2.24) is 4.98 Å². The maximum absolute atomic E-state index is 10.6. The number of ether oxygens (including phenoxy) is 2. The maximum atomic E-state index is 10.6. The van der Waals surface area contributed by atoms with Gasteiger partial charge in [0, 0.05) is 5.41 Å². The number of aromatic nitrogens is 1. The second-order valence-electron chi connectivity index (χ2n) is 4.68. The summed E-state index contributed by atoms with van der Waals surface area (Å²) >= 11 is 5.68. The Bertz CT molecular complexity index is 437. The smallest absolute Gasteiger partial charge is 0.404 e. The first kappa shape index (κ1) is 13.0. The minimum absolute atomic E-state index is 0.116. The highest BCUT2D eigenvalue weighted by atomic mass is 35.5. The third kappa shape index (κ3) is 3.04. The molecule has 0 saturated heterocycles. The summed E-state index contributed by atoms with van der Waals surface area (Å²) in [6, 6.07) is 3.42. The highest BCUT2D eigenvalue weighted by Gasteiger charge is 2.53. The Morgan fingerprint density at radius 1 is 1.61 bits per heavy atom. The van der Waals surface area contributed by atoms with Gasteiger partial charge in [-0.1, -0.05) is 18.5 Å². The standard InChI is InChI=1S/C12H15ClN2O3/c1-8-4-12(8,7-18-11(14)16)6-17-9-2-3-10(13)15-5-9/h2-3,5,8H,4,6-7H2,1H3,(H2,14,16)/t8-,12-/m1/s1. The van der Waals surface area contributed by atoms with E-state index in [-0.39, 0.29) is 5.41 Å². The molecule has 1 aromatic heterocycles. The summed E-state index contributed by atoms with van der Waals surface area (Å²) in [5, 5.41) is 0.425. The Kier molecular flexibility index (Phi) is 3.61. The molecule has 1 heterocycles. The largest absolute Gasteiger partial charge is 0.491 e. The molecule has 1 aliphatic rings. The maximum Gasteiger partial charge on any atom is 0.404 e. The van der Waals surface area contributed by atoms with Gasteiger partial charge in [-0.25, -0.2) is 9.78 Å².